The summed E-state index contributed by atoms with van der Waals surface area (Å²) in [6, 6.07) is 14.2. The molecule has 1 aliphatic heterocycles. The van der Waals surface area contributed by atoms with Gasteiger partial charge in [-0.15, -0.1) is 0 Å². The van der Waals surface area contributed by atoms with E-state index in [0.29, 0.717) is 47.4 Å². The van der Waals surface area contributed by atoms with Crippen LogP contribution in [0.25, 0.3) is 16.8 Å². The Morgan fingerprint density at radius 3 is 2.58 bits per heavy atom. The van der Waals surface area contributed by atoms with Gasteiger partial charge in [-0.3, -0.25) is 18.8 Å². The van der Waals surface area contributed by atoms with Crippen molar-refractivity contribution in [3.63, 3.8) is 0 Å². The zero-order valence-corrected chi connectivity index (χ0v) is 23.3. The lowest BCUT2D eigenvalue weighted by Gasteiger charge is -2.31. The summed E-state index contributed by atoms with van der Waals surface area (Å²) in [5, 5.41) is 2.89. The molecule has 7 rings (SSSR count). The predicted octanol–water partition coefficient (Wildman–Crippen LogP) is 4.69. The molecular weight excluding hydrogens is 546 g/mol. The van der Waals surface area contributed by atoms with Crippen molar-refractivity contribution in [3.05, 3.63) is 96.1 Å². The number of benzene rings is 1. The van der Waals surface area contributed by atoms with Crippen molar-refractivity contribution < 1.29 is 18.8 Å². The van der Waals surface area contributed by atoms with Crippen LogP contribution in [0.5, 0.6) is 0 Å². The lowest BCUT2D eigenvalue weighted by molar-refractivity contribution is -0.127. The fraction of sp³-hybridized carbons (Fsp3) is 0.250. The number of nitrogens with two attached hydrogens (primary N) is 1. The van der Waals surface area contributed by atoms with E-state index < -0.39 is 11.7 Å². The van der Waals surface area contributed by atoms with Gasteiger partial charge < -0.3 is 20.4 Å². The number of pyridine rings is 1. The van der Waals surface area contributed by atoms with E-state index >= 15 is 0 Å². The zero-order valence-electron chi connectivity index (χ0n) is 23.3. The Labute approximate surface area is 246 Å². The van der Waals surface area contributed by atoms with Gasteiger partial charge in [-0.1, -0.05) is 12.1 Å². The fourth-order valence-corrected chi connectivity index (χ4v) is 5.76. The Morgan fingerprint density at radius 1 is 0.977 bits per heavy atom. The van der Waals surface area contributed by atoms with E-state index in [2.05, 4.69) is 15.3 Å². The number of carbonyl (C=O) groups excluding carboxylic acids is 3. The number of amides is 2. The van der Waals surface area contributed by atoms with Crippen LogP contribution in [0.3, 0.4) is 0 Å². The normalized spacial score (nSPS) is 16.7. The Kier molecular flexibility index (Phi) is 6.69. The highest BCUT2D eigenvalue weighted by atomic mass is 16.3. The molecule has 43 heavy (non-hydrogen) atoms. The Hall–Kier alpha value is -5.32. The molecular formula is C32H29N7O4. The molecule has 0 bridgehead atoms. The molecule has 2 amide bonds. The van der Waals surface area contributed by atoms with Gasteiger partial charge in [0.1, 0.15) is 28.7 Å². The maximum Gasteiger partial charge on any atom is 0.298 e. The highest BCUT2D eigenvalue weighted by molar-refractivity contribution is 6.41. The number of hydrogen-bond donors (Lipinski definition) is 2. The second-order valence-electron chi connectivity index (χ2n) is 11.0. The van der Waals surface area contributed by atoms with Crippen LogP contribution >= 0.6 is 0 Å². The van der Waals surface area contributed by atoms with Crippen molar-refractivity contribution in [1.82, 2.24) is 24.3 Å². The summed E-state index contributed by atoms with van der Waals surface area (Å²) in [5.41, 5.74) is 10.1. The summed E-state index contributed by atoms with van der Waals surface area (Å²) in [4.78, 5) is 53.8. The molecule has 0 radical (unpaired) electrons. The summed E-state index contributed by atoms with van der Waals surface area (Å²) in [5.74, 6) is 0.535. The lowest BCUT2D eigenvalue weighted by atomic mass is 9.96. The van der Waals surface area contributed by atoms with Gasteiger partial charge in [0.25, 0.3) is 17.6 Å². The lowest BCUT2D eigenvalue weighted by Crippen LogP contribution is -2.43. The van der Waals surface area contributed by atoms with Crippen molar-refractivity contribution in [1.29, 1.82) is 0 Å². The molecule has 5 heterocycles. The van der Waals surface area contributed by atoms with Crippen LogP contribution in [-0.4, -0.2) is 54.9 Å². The fourth-order valence-electron chi connectivity index (χ4n) is 5.76. The molecule has 216 valence electrons. The third-order valence-electron chi connectivity index (χ3n) is 8.12. The van der Waals surface area contributed by atoms with Crippen molar-refractivity contribution in [2.75, 3.05) is 24.1 Å². The van der Waals surface area contributed by atoms with Crippen LogP contribution in [0.4, 0.5) is 11.6 Å². The molecule has 1 saturated carbocycles. The number of nitrogen functional groups attached to an aromatic ring is 1. The minimum absolute atomic E-state index is 0.0275. The standard InChI is InChI=1S/C32H29N7O4/c33-29-27-26(20-7-9-21(10-8-20)31(41)36-25-17-22(11-12-34-25)19-5-6-19)37-30(39(27)15-13-35-29)23-3-1-14-38(18-23)32(42)28(40)24-4-2-16-43-24/h2,4,7-13,15-17,19,23H,1,3,5-6,14,18H2,(H2,33,35)(H,34,36,41)/t23-/m1/s1. The van der Waals surface area contributed by atoms with E-state index in [4.69, 9.17) is 15.1 Å². The number of nitrogens with zero attached hydrogens (tertiary/aromatic N) is 5. The largest absolute Gasteiger partial charge is 0.461 e. The zero-order chi connectivity index (χ0) is 29.5. The number of aromatic nitrogens is 4. The first-order valence-electron chi connectivity index (χ1n) is 14.3. The number of furan rings is 1. The van der Waals surface area contributed by atoms with Gasteiger partial charge in [-0.05, 0) is 73.6 Å². The minimum atomic E-state index is -0.664. The number of carbonyl (C=O) groups is 3. The minimum Gasteiger partial charge on any atom is -0.461 e. The Bertz CT molecular complexity index is 1840. The van der Waals surface area contributed by atoms with Crippen molar-refractivity contribution in [2.45, 2.75) is 37.5 Å². The number of nitrogens with one attached hydrogen (secondary N) is 1. The first-order chi connectivity index (χ1) is 21.0. The van der Waals surface area contributed by atoms with Gasteiger partial charge in [0, 0.05) is 48.7 Å². The van der Waals surface area contributed by atoms with Crippen LogP contribution in [0.15, 0.2) is 77.8 Å². The summed E-state index contributed by atoms with van der Waals surface area (Å²) >= 11 is 0. The Morgan fingerprint density at radius 2 is 1.81 bits per heavy atom. The molecule has 1 aliphatic carbocycles. The molecule has 0 spiro atoms. The quantitative estimate of drug-likeness (QED) is 0.210. The number of Topliss-reactive ketones (excluding diaryl/α,β-unsaturated/α-hetero) is 1. The average Bonchev–Trinajstić information content (AvgIpc) is 3.59. The third-order valence-corrected chi connectivity index (χ3v) is 8.12. The molecule has 5 aromatic rings. The van der Waals surface area contributed by atoms with Crippen molar-refractivity contribution in [3.8, 4) is 11.3 Å². The van der Waals surface area contributed by atoms with E-state index in [-0.39, 0.29) is 17.6 Å². The number of anilines is 2. The van der Waals surface area contributed by atoms with Crippen LogP contribution < -0.4 is 11.1 Å². The van der Waals surface area contributed by atoms with Gasteiger partial charge in [0.2, 0.25) is 0 Å². The predicted molar refractivity (Wildman–Crippen MR) is 159 cm³/mol. The summed E-state index contributed by atoms with van der Waals surface area (Å²) in [6.45, 7) is 0.812. The number of piperidine rings is 1. The summed E-state index contributed by atoms with van der Waals surface area (Å²) in [6.07, 6.45) is 10.4. The van der Waals surface area contributed by atoms with E-state index in [0.717, 1.165) is 24.2 Å². The number of fused-ring (bicyclic) bond motifs is 1. The first-order valence-corrected chi connectivity index (χ1v) is 14.3. The number of ketones is 1. The summed E-state index contributed by atoms with van der Waals surface area (Å²) < 4.78 is 7.05. The molecule has 1 saturated heterocycles. The van der Waals surface area contributed by atoms with E-state index in [1.807, 2.05) is 28.7 Å². The third kappa shape index (κ3) is 5.14. The van der Waals surface area contributed by atoms with Crippen LogP contribution in [0.2, 0.25) is 0 Å². The van der Waals surface area contributed by atoms with Crippen molar-refractivity contribution >= 4 is 34.8 Å². The topological polar surface area (TPSA) is 149 Å². The number of imidazole rings is 1. The molecule has 1 aromatic carbocycles. The highest BCUT2D eigenvalue weighted by Crippen LogP contribution is 2.40. The SMILES string of the molecule is Nc1nccn2c([C@@H]3CCCN(C(=O)C(=O)c4ccco4)C3)nc(-c3ccc(C(=O)Nc4cc(C5CC5)ccn4)cc3)c12. The molecule has 1 atom stereocenters. The van der Waals surface area contributed by atoms with E-state index in [9.17, 15) is 14.4 Å². The maximum atomic E-state index is 13.0. The molecule has 4 aromatic heterocycles. The van der Waals surface area contributed by atoms with Gasteiger partial charge in [-0.2, -0.15) is 0 Å². The molecule has 2 aliphatic rings. The van der Waals surface area contributed by atoms with Gasteiger partial charge in [0.05, 0.1) is 6.26 Å². The van der Waals surface area contributed by atoms with Crippen LogP contribution in [0.1, 0.15) is 69.8 Å². The Balaban J connectivity index is 1.14. The molecule has 11 nitrogen and oxygen atoms in total. The average molecular weight is 576 g/mol. The van der Waals surface area contributed by atoms with Gasteiger partial charge in [0.15, 0.2) is 5.76 Å². The first kappa shape index (κ1) is 26.6. The smallest absolute Gasteiger partial charge is 0.298 e. The van der Waals surface area contributed by atoms with E-state index in [1.54, 1.807) is 41.7 Å². The maximum absolute atomic E-state index is 13.0. The number of rotatable bonds is 7. The highest BCUT2D eigenvalue weighted by Gasteiger charge is 2.33. The molecule has 11 heteroatoms. The van der Waals surface area contributed by atoms with Gasteiger partial charge in [-0.25, -0.2) is 15.0 Å². The second-order valence-corrected chi connectivity index (χ2v) is 11.0. The number of likely N-dealkylation sites (tertiary alicyclic amines) is 1. The van der Waals surface area contributed by atoms with Gasteiger partial charge >= 0.3 is 0 Å². The summed E-state index contributed by atoms with van der Waals surface area (Å²) in [7, 11) is 0. The second kappa shape index (κ2) is 10.8. The molecule has 0 unspecified atom stereocenters. The molecule has 3 N–H and O–H groups in total. The van der Waals surface area contributed by atoms with E-state index in [1.165, 1.54) is 30.7 Å². The number of hydrogen-bond acceptors (Lipinski definition) is 8. The van der Waals surface area contributed by atoms with Crippen molar-refractivity contribution in [2.24, 2.45) is 0 Å². The molecule has 2 fully saturated rings. The van der Waals surface area contributed by atoms with Crippen LogP contribution in [-0.2, 0) is 4.79 Å². The van der Waals surface area contributed by atoms with Crippen LogP contribution in [0, 0.1) is 0 Å². The monoisotopic (exact) mass is 575 g/mol.